The SMILES string of the molecule is CN1CCN(c2ccc3c(c2)C2CC3CCN2C)CC1. The molecule has 2 heterocycles. The first-order valence-corrected chi connectivity index (χ1v) is 8.00. The molecule has 1 aromatic rings. The Hall–Kier alpha value is -1.06. The third-order valence-corrected chi connectivity index (χ3v) is 5.61. The number of piperidine rings is 1. The Labute approximate surface area is 122 Å². The van der Waals surface area contributed by atoms with Gasteiger partial charge in [-0.05, 0) is 62.7 Å². The van der Waals surface area contributed by atoms with E-state index in [0.29, 0.717) is 6.04 Å². The van der Waals surface area contributed by atoms with Crippen molar-refractivity contribution in [2.45, 2.75) is 24.8 Å². The van der Waals surface area contributed by atoms with E-state index in [1.54, 1.807) is 11.1 Å². The Morgan fingerprint density at radius 1 is 0.950 bits per heavy atom. The summed E-state index contributed by atoms with van der Waals surface area (Å²) in [7, 11) is 4.51. The van der Waals surface area contributed by atoms with Gasteiger partial charge >= 0.3 is 0 Å². The molecule has 0 spiro atoms. The summed E-state index contributed by atoms with van der Waals surface area (Å²) < 4.78 is 0. The number of piperazine rings is 1. The zero-order valence-electron chi connectivity index (χ0n) is 12.7. The van der Waals surface area contributed by atoms with Crippen molar-refractivity contribution >= 4 is 5.69 Å². The number of hydrogen-bond donors (Lipinski definition) is 0. The minimum atomic E-state index is 0.677. The first kappa shape index (κ1) is 12.7. The van der Waals surface area contributed by atoms with Crippen molar-refractivity contribution in [2.24, 2.45) is 0 Å². The van der Waals surface area contributed by atoms with Gasteiger partial charge in [0.25, 0.3) is 0 Å². The van der Waals surface area contributed by atoms with Crippen molar-refractivity contribution in [2.75, 3.05) is 51.7 Å². The number of fused-ring (bicyclic) bond motifs is 5. The molecule has 1 aliphatic carbocycles. The van der Waals surface area contributed by atoms with Gasteiger partial charge in [0.05, 0.1) is 0 Å². The molecule has 20 heavy (non-hydrogen) atoms. The van der Waals surface area contributed by atoms with Gasteiger partial charge in [-0.2, -0.15) is 0 Å². The Balaban J connectivity index is 1.63. The average molecular weight is 271 g/mol. The molecule has 0 saturated carbocycles. The fourth-order valence-electron chi connectivity index (χ4n) is 4.21. The molecule has 3 heteroatoms. The van der Waals surface area contributed by atoms with E-state index in [9.17, 15) is 0 Å². The van der Waals surface area contributed by atoms with Crippen LogP contribution in [0, 0.1) is 0 Å². The Bertz CT molecular complexity index is 505. The first-order chi connectivity index (χ1) is 9.72. The van der Waals surface area contributed by atoms with Gasteiger partial charge in [-0.3, -0.25) is 4.90 Å². The minimum absolute atomic E-state index is 0.677. The van der Waals surface area contributed by atoms with E-state index in [0.717, 1.165) is 5.92 Å². The van der Waals surface area contributed by atoms with E-state index >= 15 is 0 Å². The van der Waals surface area contributed by atoms with Crippen molar-refractivity contribution in [3.8, 4) is 0 Å². The number of rotatable bonds is 1. The Kier molecular flexibility index (Phi) is 3.00. The molecule has 4 rings (SSSR count). The summed E-state index contributed by atoms with van der Waals surface area (Å²) in [6.07, 6.45) is 2.69. The van der Waals surface area contributed by atoms with Gasteiger partial charge in [-0.15, -0.1) is 0 Å². The standard InChI is InChI=1S/C17H25N3/c1-18-7-9-20(10-8-18)14-3-4-15-13-5-6-19(2)17(11-13)16(15)12-14/h3-4,12-13,17H,5-11H2,1-2H3. The summed E-state index contributed by atoms with van der Waals surface area (Å²) in [5, 5.41) is 0. The van der Waals surface area contributed by atoms with Crippen LogP contribution in [-0.2, 0) is 0 Å². The molecule has 2 atom stereocenters. The van der Waals surface area contributed by atoms with Crippen LogP contribution in [-0.4, -0.2) is 56.6 Å². The highest BCUT2D eigenvalue weighted by atomic mass is 15.2. The quantitative estimate of drug-likeness (QED) is 0.776. The normalized spacial score (nSPS) is 30.6. The molecule has 2 aliphatic heterocycles. The van der Waals surface area contributed by atoms with E-state index in [1.165, 1.54) is 51.3 Å². The molecule has 2 fully saturated rings. The average Bonchev–Trinajstić information content (AvgIpc) is 2.78. The van der Waals surface area contributed by atoms with Crippen LogP contribution < -0.4 is 4.90 Å². The van der Waals surface area contributed by atoms with E-state index in [4.69, 9.17) is 0 Å². The predicted octanol–water partition coefficient (Wildman–Crippen LogP) is 2.30. The van der Waals surface area contributed by atoms with Crippen LogP contribution in [0.4, 0.5) is 5.69 Å². The summed E-state index contributed by atoms with van der Waals surface area (Å²) in [5.74, 6) is 0.827. The van der Waals surface area contributed by atoms with Crippen LogP contribution in [0.1, 0.15) is 35.9 Å². The second-order valence-electron chi connectivity index (χ2n) is 6.82. The second kappa shape index (κ2) is 4.74. The van der Waals surface area contributed by atoms with Gasteiger partial charge in [0.15, 0.2) is 0 Å². The van der Waals surface area contributed by atoms with Gasteiger partial charge in [0.1, 0.15) is 0 Å². The molecule has 1 aromatic carbocycles. The summed E-state index contributed by atoms with van der Waals surface area (Å²) >= 11 is 0. The molecule has 3 aliphatic rings. The van der Waals surface area contributed by atoms with Crippen molar-refractivity contribution < 1.29 is 0 Å². The molecule has 3 nitrogen and oxygen atoms in total. The monoisotopic (exact) mass is 271 g/mol. The zero-order chi connectivity index (χ0) is 13.7. The van der Waals surface area contributed by atoms with Crippen LogP contribution >= 0.6 is 0 Å². The maximum absolute atomic E-state index is 2.56. The topological polar surface area (TPSA) is 9.72 Å². The number of anilines is 1. The van der Waals surface area contributed by atoms with Crippen LogP contribution in [0.15, 0.2) is 18.2 Å². The summed E-state index contributed by atoms with van der Waals surface area (Å²) in [4.78, 5) is 7.53. The third kappa shape index (κ3) is 1.95. The van der Waals surface area contributed by atoms with Crippen molar-refractivity contribution in [1.82, 2.24) is 9.80 Å². The molecular formula is C17H25N3. The lowest BCUT2D eigenvalue weighted by atomic mass is 9.96. The molecule has 2 bridgehead atoms. The largest absolute Gasteiger partial charge is 0.369 e. The highest BCUT2D eigenvalue weighted by molar-refractivity contribution is 5.55. The van der Waals surface area contributed by atoms with E-state index in [1.807, 2.05) is 0 Å². The van der Waals surface area contributed by atoms with Crippen LogP contribution in [0.25, 0.3) is 0 Å². The van der Waals surface area contributed by atoms with Gasteiger partial charge in [-0.1, -0.05) is 6.07 Å². The number of likely N-dealkylation sites (N-methyl/N-ethyl adjacent to an activating group) is 1. The van der Waals surface area contributed by atoms with Crippen LogP contribution in [0.3, 0.4) is 0 Å². The van der Waals surface area contributed by atoms with Crippen molar-refractivity contribution in [3.63, 3.8) is 0 Å². The Morgan fingerprint density at radius 2 is 1.75 bits per heavy atom. The molecule has 108 valence electrons. The molecule has 0 N–H and O–H groups in total. The maximum atomic E-state index is 2.56. The Morgan fingerprint density at radius 3 is 2.55 bits per heavy atom. The summed E-state index contributed by atoms with van der Waals surface area (Å²) in [5.41, 5.74) is 4.70. The first-order valence-electron chi connectivity index (χ1n) is 8.00. The van der Waals surface area contributed by atoms with E-state index in [2.05, 4.69) is 47.0 Å². The van der Waals surface area contributed by atoms with Crippen LogP contribution in [0.5, 0.6) is 0 Å². The lowest BCUT2D eigenvalue weighted by Gasteiger charge is -2.34. The molecule has 0 amide bonds. The lowest BCUT2D eigenvalue weighted by Crippen LogP contribution is -2.44. The van der Waals surface area contributed by atoms with Gasteiger partial charge in [-0.25, -0.2) is 0 Å². The highest BCUT2D eigenvalue weighted by Crippen LogP contribution is 2.49. The number of hydrogen-bond acceptors (Lipinski definition) is 3. The van der Waals surface area contributed by atoms with Gasteiger partial charge < -0.3 is 9.80 Å². The van der Waals surface area contributed by atoms with Gasteiger partial charge in [0, 0.05) is 37.9 Å². The fourth-order valence-corrected chi connectivity index (χ4v) is 4.21. The zero-order valence-corrected chi connectivity index (χ0v) is 12.7. The van der Waals surface area contributed by atoms with Gasteiger partial charge in [0.2, 0.25) is 0 Å². The number of likely N-dealkylation sites (tertiary alicyclic amines) is 1. The molecule has 0 radical (unpaired) electrons. The van der Waals surface area contributed by atoms with E-state index < -0.39 is 0 Å². The van der Waals surface area contributed by atoms with E-state index in [-0.39, 0.29) is 0 Å². The van der Waals surface area contributed by atoms with Crippen LogP contribution in [0.2, 0.25) is 0 Å². The molecule has 2 saturated heterocycles. The molecular weight excluding hydrogens is 246 g/mol. The lowest BCUT2D eigenvalue weighted by molar-refractivity contribution is 0.192. The number of benzene rings is 1. The smallest absolute Gasteiger partial charge is 0.0370 e. The molecule has 2 unspecified atom stereocenters. The highest BCUT2D eigenvalue weighted by Gasteiger charge is 2.37. The maximum Gasteiger partial charge on any atom is 0.0370 e. The second-order valence-corrected chi connectivity index (χ2v) is 6.82. The third-order valence-electron chi connectivity index (χ3n) is 5.61. The molecule has 0 aromatic heterocycles. The summed E-state index contributed by atoms with van der Waals surface area (Å²) in [6, 6.07) is 7.96. The fraction of sp³-hybridized carbons (Fsp3) is 0.647. The van der Waals surface area contributed by atoms with Crippen molar-refractivity contribution in [3.05, 3.63) is 29.3 Å². The predicted molar refractivity (Wildman–Crippen MR) is 83.5 cm³/mol. The van der Waals surface area contributed by atoms with Crippen molar-refractivity contribution in [1.29, 1.82) is 0 Å². The number of nitrogens with zero attached hydrogens (tertiary/aromatic N) is 3. The summed E-state index contributed by atoms with van der Waals surface area (Å²) in [6.45, 7) is 5.96. The minimum Gasteiger partial charge on any atom is -0.369 e.